The third kappa shape index (κ3) is 7.12. The zero-order valence-electron chi connectivity index (χ0n) is 15.0. The van der Waals surface area contributed by atoms with Crippen molar-refractivity contribution in [2.75, 3.05) is 6.54 Å². The van der Waals surface area contributed by atoms with Gasteiger partial charge in [0.05, 0.1) is 12.8 Å². The van der Waals surface area contributed by atoms with Crippen LogP contribution in [0.15, 0.2) is 41.0 Å². The lowest BCUT2D eigenvalue weighted by Gasteiger charge is -2.08. The van der Waals surface area contributed by atoms with Crippen LogP contribution >= 0.6 is 0 Å². The molecule has 0 saturated carbocycles. The van der Waals surface area contributed by atoms with E-state index in [-0.39, 0.29) is 18.7 Å². The van der Waals surface area contributed by atoms with E-state index in [2.05, 4.69) is 5.32 Å². The Bertz CT molecular complexity index is 742. The highest BCUT2D eigenvalue weighted by atomic mass is 16.5. The maximum Gasteiger partial charge on any atom is 0.320 e. The fraction of sp³-hybridized carbons (Fsp3) is 0.368. The van der Waals surface area contributed by atoms with Crippen LogP contribution < -0.4 is 21.5 Å². The number of carboxylic acids is 1. The maximum absolute atomic E-state index is 11.7. The van der Waals surface area contributed by atoms with Gasteiger partial charge in [0.15, 0.2) is 0 Å². The van der Waals surface area contributed by atoms with E-state index in [9.17, 15) is 9.59 Å². The van der Waals surface area contributed by atoms with Gasteiger partial charge in [0.25, 0.3) is 0 Å². The highest BCUT2D eigenvalue weighted by Gasteiger charge is 2.13. The lowest BCUT2D eigenvalue weighted by atomic mass is 10.1. The van der Waals surface area contributed by atoms with E-state index in [4.69, 9.17) is 25.7 Å². The largest absolute Gasteiger partial charge is 0.489 e. The first-order chi connectivity index (χ1) is 13.0. The Hall–Kier alpha value is -2.84. The van der Waals surface area contributed by atoms with Gasteiger partial charge in [-0.15, -0.1) is 0 Å². The second-order valence-electron chi connectivity index (χ2n) is 6.14. The van der Waals surface area contributed by atoms with Gasteiger partial charge < -0.3 is 31.0 Å². The summed E-state index contributed by atoms with van der Waals surface area (Å²) in [6, 6.07) is 8.46. The first-order valence-electron chi connectivity index (χ1n) is 8.71. The number of nitrogens with two attached hydrogens (primary N) is 2. The Labute approximate surface area is 157 Å². The van der Waals surface area contributed by atoms with Gasteiger partial charge in [-0.05, 0) is 36.6 Å². The molecule has 0 radical (unpaired) electrons. The number of ether oxygens (including phenoxy) is 1. The van der Waals surface area contributed by atoms with Crippen molar-refractivity contribution in [1.29, 1.82) is 0 Å². The van der Waals surface area contributed by atoms with Crippen LogP contribution in [0.3, 0.4) is 0 Å². The first kappa shape index (κ1) is 20.5. The fourth-order valence-electron chi connectivity index (χ4n) is 2.37. The van der Waals surface area contributed by atoms with Crippen molar-refractivity contribution in [3.05, 3.63) is 53.5 Å². The Morgan fingerprint density at radius 2 is 1.96 bits per heavy atom. The second kappa shape index (κ2) is 10.3. The van der Waals surface area contributed by atoms with Gasteiger partial charge in [-0.3, -0.25) is 9.59 Å². The van der Waals surface area contributed by atoms with E-state index >= 15 is 0 Å². The number of nitrogens with one attached hydrogen (secondary N) is 1. The van der Waals surface area contributed by atoms with Crippen LogP contribution in [-0.2, 0) is 29.2 Å². The molecule has 0 saturated heterocycles. The molecule has 0 spiro atoms. The summed E-state index contributed by atoms with van der Waals surface area (Å²) in [4.78, 5) is 22.3. The molecule has 6 N–H and O–H groups in total. The smallest absolute Gasteiger partial charge is 0.320 e. The summed E-state index contributed by atoms with van der Waals surface area (Å²) in [7, 11) is 0. The fourth-order valence-corrected chi connectivity index (χ4v) is 2.37. The highest BCUT2D eigenvalue weighted by molar-refractivity contribution is 5.78. The monoisotopic (exact) mass is 375 g/mol. The van der Waals surface area contributed by atoms with Gasteiger partial charge in [0.2, 0.25) is 5.91 Å². The van der Waals surface area contributed by atoms with Crippen LogP contribution in [-0.4, -0.2) is 29.6 Å². The molecule has 2 rings (SSSR count). The molecule has 1 atom stereocenters. The average molecular weight is 375 g/mol. The number of aliphatic carboxylic acids is 1. The van der Waals surface area contributed by atoms with Crippen molar-refractivity contribution >= 4 is 11.9 Å². The molecule has 8 heteroatoms. The molecule has 1 amide bonds. The molecule has 8 nitrogen and oxygen atoms in total. The molecule has 0 aliphatic rings. The number of carbonyl (C=O) groups excluding carboxylic acids is 1. The van der Waals surface area contributed by atoms with E-state index in [0.717, 1.165) is 22.6 Å². The first-order valence-corrected chi connectivity index (χ1v) is 8.71. The third-order valence-electron chi connectivity index (χ3n) is 3.97. The zero-order valence-corrected chi connectivity index (χ0v) is 15.0. The molecule has 0 bridgehead atoms. The Morgan fingerprint density at radius 3 is 2.59 bits per heavy atom. The summed E-state index contributed by atoms with van der Waals surface area (Å²) in [5.74, 6) is 0.151. The van der Waals surface area contributed by atoms with Crippen molar-refractivity contribution < 1.29 is 23.8 Å². The lowest BCUT2D eigenvalue weighted by Crippen LogP contribution is -2.33. The van der Waals surface area contributed by atoms with Gasteiger partial charge in [0, 0.05) is 18.5 Å². The molecule has 1 aromatic carbocycles. The zero-order chi connectivity index (χ0) is 19.6. The lowest BCUT2D eigenvalue weighted by molar-refractivity contribution is -0.138. The molecular weight excluding hydrogens is 350 g/mol. The number of benzene rings is 1. The molecule has 1 heterocycles. The molecule has 0 fully saturated rings. The second-order valence-corrected chi connectivity index (χ2v) is 6.14. The van der Waals surface area contributed by atoms with E-state index in [1.807, 2.05) is 30.3 Å². The number of hydrogen-bond acceptors (Lipinski definition) is 6. The van der Waals surface area contributed by atoms with E-state index in [0.29, 0.717) is 26.1 Å². The summed E-state index contributed by atoms with van der Waals surface area (Å²) in [6.07, 6.45) is 2.51. The van der Waals surface area contributed by atoms with Gasteiger partial charge in [-0.1, -0.05) is 12.1 Å². The van der Waals surface area contributed by atoms with Crippen molar-refractivity contribution in [2.45, 2.75) is 38.5 Å². The van der Waals surface area contributed by atoms with Crippen LogP contribution in [0.25, 0.3) is 0 Å². The standard InChI is InChI=1S/C19H25N3O5/c20-10-16-9-14(12-27-16)11-26-15-3-1-13(2-4-15)7-8-22-18(23)6-5-17(21)19(24)25/h1-4,9,12,17H,5-8,10-11,20-21H2,(H,22,23)(H,24,25)/t17-/m0/s1. The van der Waals surface area contributed by atoms with Crippen LogP contribution in [0.1, 0.15) is 29.7 Å². The number of furan rings is 1. The predicted octanol–water partition coefficient (Wildman–Crippen LogP) is 1.17. The van der Waals surface area contributed by atoms with Crippen molar-refractivity contribution in [2.24, 2.45) is 11.5 Å². The average Bonchev–Trinajstić information content (AvgIpc) is 3.13. The Kier molecular flexibility index (Phi) is 7.84. The molecule has 0 aliphatic heterocycles. The van der Waals surface area contributed by atoms with E-state index in [1.165, 1.54) is 0 Å². The van der Waals surface area contributed by atoms with Crippen molar-refractivity contribution in [1.82, 2.24) is 5.32 Å². The Balaban J connectivity index is 1.67. The molecule has 27 heavy (non-hydrogen) atoms. The summed E-state index contributed by atoms with van der Waals surface area (Å²) < 4.78 is 10.9. The van der Waals surface area contributed by atoms with Crippen molar-refractivity contribution in [3.63, 3.8) is 0 Å². The van der Waals surface area contributed by atoms with E-state index < -0.39 is 12.0 Å². The molecule has 0 aliphatic carbocycles. The minimum Gasteiger partial charge on any atom is -0.489 e. The van der Waals surface area contributed by atoms with Crippen LogP contribution in [0, 0.1) is 0 Å². The molecule has 2 aromatic rings. The number of carboxylic acid groups (broad SMARTS) is 1. The molecular formula is C19H25N3O5. The summed E-state index contributed by atoms with van der Waals surface area (Å²) in [5, 5.41) is 11.4. The summed E-state index contributed by atoms with van der Waals surface area (Å²) in [6.45, 7) is 1.23. The normalized spacial score (nSPS) is 11.8. The van der Waals surface area contributed by atoms with Crippen LogP contribution in [0.2, 0.25) is 0 Å². The Morgan fingerprint density at radius 1 is 1.22 bits per heavy atom. The third-order valence-corrected chi connectivity index (χ3v) is 3.97. The molecule has 0 unspecified atom stereocenters. The molecule has 1 aromatic heterocycles. The number of hydrogen-bond donors (Lipinski definition) is 4. The van der Waals surface area contributed by atoms with Crippen LogP contribution in [0.4, 0.5) is 0 Å². The minimum absolute atomic E-state index is 0.0973. The maximum atomic E-state index is 11.7. The van der Waals surface area contributed by atoms with Gasteiger partial charge in [0.1, 0.15) is 24.2 Å². The van der Waals surface area contributed by atoms with Crippen molar-refractivity contribution in [3.8, 4) is 5.75 Å². The highest BCUT2D eigenvalue weighted by Crippen LogP contribution is 2.15. The predicted molar refractivity (Wildman–Crippen MR) is 98.9 cm³/mol. The summed E-state index contributed by atoms with van der Waals surface area (Å²) in [5.41, 5.74) is 12.8. The molecule has 146 valence electrons. The quantitative estimate of drug-likeness (QED) is 0.462. The van der Waals surface area contributed by atoms with Crippen LogP contribution in [0.5, 0.6) is 5.75 Å². The van der Waals surface area contributed by atoms with Gasteiger partial charge >= 0.3 is 5.97 Å². The summed E-state index contributed by atoms with van der Waals surface area (Å²) >= 11 is 0. The van der Waals surface area contributed by atoms with E-state index in [1.54, 1.807) is 6.26 Å². The topological polar surface area (TPSA) is 141 Å². The number of rotatable bonds is 11. The SMILES string of the molecule is NCc1cc(COc2ccc(CCNC(=O)CC[C@H](N)C(=O)O)cc2)co1. The number of carbonyl (C=O) groups is 2. The number of amides is 1. The van der Waals surface area contributed by atoms with Gasteiger partial charge in [-0.25, -0.2) is 0 Å². The van der Waals surface area contributed by atoms with Gasteiger partial charge in [-0.2, -0.15) is 0 Å². The minimum atomic E-state index is -1.10.